The summed E-state index contributed by atoms with van der Waals surface area (Å²) in [6.45, 7) is 2.17. The first-order valence-corrected chi connectivity index (χ1v) is 7.05. The second-order valence-corrected chi connectivity index (χ2v) is 5.47. The van der Waals surface area contributed by atoms with Crippen molar-refractivity contribution in [2.24, 2.45) is 0 Å². The van der Waals surface area contributed by atoms with E-state index < -0.39 is 17.4 Å². The van der Waals surface area contributed by atoms with Gasteiger partial charge in [0.25, 0.3) is 5.91 Å². The van der Waals surface area contributed by atoms with Gasteiger partial charge in [0.2, 0.25) is 0 Å². The van der Waals surface area contributed by atoms with Gasteiger partial charge in [-0.05, 0) is 31.4 Å². The average Bonchev–Trinajstić information content (AvgIpc) is 2.83. The van der Waals surface area contributed by atoms with Gasteiger partial charge >= 0.3 is 5.97 Å². The molecule has 1 unspecified atom stereocenters. The third kappa shape index (κ3) is 2.36. The largest absolute Gasteiger partial charge is 0.479 e. The molecule has 1 atom stereocenters. The molecule has 1 aliphatic heterocycles. The highest BCUT2D eigenvalue weighted by atomic mass is 35.5. The minimum absolute atomic E-state index is 0.00945. The Morgan fingerprint density at radius 1 is 1.45 bits per heavy atom. The van der Waals surface area contributed by atoms with E-state index in [0.717, 1.165) is 0 Å². The lowest BCUT2D eigenvalue weighted by molar-refractivity contribution is -0.148. The molecule has 20 heavy (non-hydrogen) atoms. The lowest BCUT2D eigenvalue weighted by Crippen LogP contribution is -2.52. The van der Waals surface area contributed by atoms with Crippen molar-refractivity contribution >= 4 is 35.1 Å². The molecule has 1 N–H and O–H groups in total. The first-order chi connectivity index (χ1) is 9.42. The number of aliphatic carboxylic acids is 1. The molecule has 0 aliphatic carbocycles. The van der Waals surface area contributed by atoms with Crippen molar-refractivity contribution in [1.29, 1.82) is 0 Å². The average molecular weight is 317 g/mol. The van der Waals surface area contributed by atoms with Crippen LogP contribution in [-0.2, 0) is 4.79 Å². The topological polar surface area (TPSA) is 70.5 Å². The van der Waals surface area contributed by atoms with E-state index in [-0.39, 0.29) is 15.9 Å². The zero-order valence-corrected chi connectivity index (χ0v) is 12.4. The molecule has 0 saturated carbocycles. The van der Waals surface area contributed by atoms with Gasteiger partial charge < -0.3 is 10.0 Å². The number of carboxylic acid groups (broad SMARTS) is 1. The third-order valence-corrected chi connectivity index (χ3v) is 4.26. The number of carbonyl (C=O) groups excluding carboxylic acids is 1. The Kier molecular flexibility index (Phi) is 4.20. The van der Waals surface area contributed by atoms with Crippen LogP contribution in [0.1, 0.15) is 36.5 Å². The fraction of sp³-hybridized carbons (Fsp3) is 0.462. The summed E-state index contributed by atoms with van der Waals surface area (Å²) in [6.07, 6.45) is 1.46. The minimum Gasteiger partial charge on any atom is -0.479 e. The predicted molar refractivity (Wildman–Crippen MR) is 75.2 cm³/mol. The molecular weight excluding hydrogens is 303 g/mol. The van der Waals surface area contributed by atoms with Gasteiger partial charge in [-0.2, -0.15) is 0 Å². The second kappa shape index (κ2) is 5.58. The number of carboxylic acids is 1. The fourth-order valence-corrected chi connectivity index (χ4v) is 3.06. The second-order valence-electron chi connectivity index (χ2n) is 4.72. The predicted octanol–water partition coefficient (Wildman–Crippen LogP) is 2.86. The monoisotopic (exact) mass is 316 g/mol. The van der Waals surface area contributed by atoms with Crippen LogP contribution in [0.3, 0.4) is 0 Å². The van der Waals surface area contributed by atoms with Crippen LogP contribution in [0, 0.1) is 0 Å². The molecule has 7 heteroatoms. The maximum Gasteiger partial charge on any atom is 0.329 e. The van der Waals surface area contributed by atoms with E-state index >= 15 is 0 Å². The molecule has 1 aromatic rings. The van der Waals surface area contributed by atoms with Crippen LogP contribution in [0.4, 0.5) is 0 Å². The van der Waals surface area contributed by atoms with Gasteiger partial charge in [0.1, 0.15) is 15.8 Å². The Labute approximate surface area is 126 Å². The van der Waals surface area contributed by atoms with Crippen LogP contribution in [0.2, 0.25) is 10.3 Å². The lowest BCUT2D eigenvalue weighted by Gasteiger charge is -2.34. The quantitative estimate of drug-likeness (QED) is 0.870. The van der Waals surface area contributed by atoms with Crippen molar-refractivity contribution < 1.29 is 14.7 Å². The molecular formula is C13H14Cl2N2O3. The van der Waals surface area contributed by atoms with Gasteiger partial charge in [-0.15, -0.1) is 0 Å². The van der Waals surface area contributed by atoms with Crippen molar-refractivity contribution in [2.45, 2.75) is 31.7 Å². The van der Waals surface area contributed by atoms with E-state index in [1.54, 1.807) is 6.92 Å². The van der Waals surface area contributed by atoms with E-state index in [4.69, 9.17) is 23.2 Å². The van der Waals surface area contributed by atoms with Crippen molar-refractivity contribution in [1.82, 2.24) is 9.88 Å². The number of pyridine rings is 1. The molecule has 2 rings (SSSR count). The van der Waals surface area contributed by atoms with Gasteiger partial charge in [0.05, 0.1) is 5.56 Å². The fourth-order valence-electron chi connectivity index (χ4n) is 2.63. The Balaban J connectivity index is 2.39. The molecule has 1 aliphatic rings. The molecule has 1 saturated heterocycles. The van der Waals surface area contributed by atoms with Crippen LogP contribution >= 0.6 is 23.2 Å². The van der Waals surface area contributed by atoms with Crippen molar-refractivity contribution in [3.63, 3.8) is 0 Å². The van der Waals surface area contributed by atoms with E-state index in [9.17, 15) is 14.7 Å². The minimum atomic E-state index is -1.15. The Morgan fingerprint density at radius 3 is 2.70 bits per heavy atom. The van der Waals surface area contributed by atoms with Gasteiger partial charge in [0, 0.05) is 6.54 Å². The summed E-state index contributed by atoms with van der Waals surface area (Å²) in [5.41, 5.74) is -0.975. The number of aromatic nitrogens is 1. The van der Waals surface area contributed by atoms with Gasteiger partial charge in [0.15, 0.2) is 0 Å². The Hall–Kier alpha value is -1.33. The molecule has 0 aromatic carbocycles. The highest BCUT2D eigenvalue weighted by molar-refractivity contribution is 6.34. The van der Waals surface area contributed by atoms with E-state index in [0.29, 0.717) is 25.8 Å². The maximum atomic E-state index is 12.6. The number of hydrogen-bond donors (Lipinski definition) is 1. The van der Waals surface area contributed by atoms with Crippen LogP contribution in [-0.4, -0.2) is 39.0 Å². The Morgan fingerprint density at radius 2 is 2.15 bits per heavy atom. The number of carbonyl (C=O) groups is 2. The van der Waals surface area contributed by atoms with Gasteiger partial charge in [-0.25, -0.2) is 9.78 Å². The molecule has 1 fully saturated rings. The Bertz CT molecular complexity index is 565. The molecule has 1 aromatic heterocycles. The molecule has 108 valence electrons. The van der Waals surface area contributed by atoms with Gasteiger partial charge in [-0.1, -0.05) is 30.1 Å². The normalized spacial score (nSPS) is 22.1. The van der Waals surface area contributed by atoms with E-state index in [1.807, 2.05) is 0 Å². The van der Waals surface area contributed by atoms with Crippen LogP contribution in [0.25, 0.3) is 0 Å². The number of amides is 1. The lowest BCUT2D eigenvalue weighted by atomic mass is 9.92. The molecule has 0 spiro atoms. The summed E-state index contributed by atoms with van der Waals surface area (Å²) in [5, 5.41) is 9.66. The molecule has 0 radical (unpaired) electrons. The zero-order chi connectivity index (χ0) is 14.9. The van der Waals surface area contributed by atoms with Crippen molar-refractivity contribution in [2.75, 3.05) is 6.54 Å². The summed E-state index contributed by atoms with van der Waals surface area (Å²) in [7, 11) is 0. The molecule has 0 bridgehead atoms. The maximum absolute atomic E-state index is 12.6. The summed E-state index contributed by atoms with van der Waals surface area (Å²) in [4.78, 5) is 29.3. The first kappa shape index (κ1) is 15.1. The standard InChI is InChI=1S/C13H14Cl2N2O3/c1-2-13(12(19)20)6-3-7-17(13)11(18)8-4-5-9(14)16-10(8)15/h4-5H,2-3,6-7H2,1H3,(H,19,20). The van der Waals surface area contributed by atoms with Crippen molar-refractivity contribution in [3.05, 3.63) is 28.0 Å². The number of halogens is 2. The van der Waals surface area contributed by atoms with Gasteiger partial charge in [-0.3, -0.25) is 4.79 Å². The van der Waals surface area contributed by atoms with Crippen LogP contribution in [0.15, 0.2) is 12.1 Å². The highest BCUT2D eigenvalue weighted by Crippen LogP contribution is 2.35. The molecule has 1 amide bonds. The number of likely N-dealkylation sites (tertiary alicyclic amines) is 1. The summed E-state index contributed by atoms with van der Waals surface area (Å²) in [6, 6.07) is 2.94. The highest BCUT2D eigenvalue weighted by Gasteiger charge is 2.48. The smallest absolute Gasteiger partial charge is 0.329 e. The van der Waals surface area contributed by atoms with E-state index in [2.05, 4.69) is 4.98 Å². The SMILES string of the molecule is CCC1(C(=O)O)CCCN1C(=O)c1ccc(Cl)nc1Cl. The third-order valence-electron chi connectivity index (χ3n) is 3.76. The van der Waals surface area contributed by atoms with Crippen LogP contribution < -0.4 is 0 Å². The zero-order valence-electron chi connectivity index (χ0n) is 10.9. The number of nitrogens with zero attached hydrogens (tertiary/aromatic N) is 2. The number of rotatable bonds is 3. The number of hydrogen-bond acceptors (Lipinski definition) is 3. The van der Waals surface area contributed by atoms with E-state index in [1.165, 1.54) is 17.0 Å². The first-order valence-electron chi connectivity index (χ1n) is 6.30. The summed E-state index contributed by atoms with van der Waals surface area (Å²) in [5.74, 6) is -1.40. The summed E-state index contributed by atoms with van der Waals surface area (Å²) < 4.78 is 0. The molecule has 2 heterocycles. The molecule has 5 nitrogen and oxygen atoms in total. The van der Waals surface area contributed by atoms with Crippen LogP contribution in [0.5, 0.6) is 0 Å². The summed E-state index contributed by atoms with van der Waals surface area (Å²) >= 11 is 11.6. The van der Waals surface area contributed by atoms with Crippen molar-refractivity contribution in [3.8, 4) is 0 Å².